The molecule has 2 atom stereocenters. The van der Waals surface area contributed by atoms with E-state index in [2.05, 4.69) is 32.8 Å². The normalized spacial score (nSPS) is 28.5. The van der Waals surface area contributed by atoms with E-state index in [1.807, 2.05) is 0 Å². The molecule has 0 aromatic heterocycles. The van der Waals surface area contributed by atoms with Gasteiger partial charge in [0.05, 0.1) is 7.11 Å². The van der Waals surface area contributed by atoms with E-state index in [0.29, 0.717) is 17.2 Å². The Balaban J connectivity index is 2.34. The van der Waals surface area contributed by atoms with E-state index in [4.69, 9.17) is 0 Å². The van der Waals surface area contributed by atoms with Crippen LogP contribution in [-0.2, 0) is 9.53 Å². The van der Waals surface area contributed by atoms with Crippen molar-refractivity contribution in [3.05, 3.63) is 12.2 Å². The lowest BCUT2D eigenvalue weighted by molar-refractivity contribution is -0.141. The van der Waals surface area contributed by atoms with Crippen LogP contribution in [0.25, 0.3) is 0 Å². The van der Waals surface area contributed by atoms with Crippen molar-refractivity contribution in [2.24, 2.45) is 5.92 Å². The van der Waals surface area contributed by atoms with Crippen LogP contribution in [0.5, 0.6) is 0 Å². The third-order valence-corrected chi connectivity index (χ3v) is 2.73. The fourth-order valence-corrected chi connectivity index (χ4v) is 2.14. The van der Waals surface area contributed by atoms with Crippen LogP contribution < -0.4 is 0 Å². The fourth-order valence-electron chi connectivity index (χ4n) is 1.40. The number of ether oxygens (including phenoxy) is 1. The molecule has 0 radical (unpaired) electrons. The van der Waals surface area contributed by atoms with Gasteiger partial charge in [0.15, 0.2) is 0 Å². The minimum Gasteiger partial charge on any atom is -0.469 e. The highest BCUT2D eigenvalue weighted by Crippen LogP contribution is 2.26. The van der Waals surface area contributed by atoms with E-state index in [9.17, 15) is 4.79 Å². The van der Waals surface area contributed by atoms with Crippen LogP contribution in [0.2, 0.25) is 0 Å². The molecule has 0 heterocycles. The van der Waals surface area contributed by atoms with E-state index in [0.717, 1.165) is 12.8 Å². The van der Waals surface area contributed by atoms with Crippen molar-refractivity contribution < 1.29 is 9.53 Å². The topological polar surface area (TPSA) is 26.3 Å². The van der Waals surface area contributed by atoms with Crippen molar-refractivity contribution in [1.82, 2.24) is 0 Å². The number of hydrogen-bond acceptors (Lipinski definition) is 2. The quantitative estimate of drug-likeness (QED) is 0.415. The van der Waals surface area contributed by atoms with Gasteiger partial charge >= 0.3 is 5.97 Å². The van der Waals surface area contributed by atoms with Gasteiger partial charge in [0.1, 0.15) is 0 Å². The van der Waals surface area contributed by atoms with E-state index < -0.39 is 0 Å². The Morgan fingerprint density at radius 1 is 1.75 bits per heavy atom. The fraction of sp³-hybridized carbons (Fsp3) is 0.667. The van der Waals surface area contributed by atoms with E-state index in [-0.39, 0.29) is 5.97 Å². The smallest absolute Gasteiger partial charge is 0.305 e. The van der Waals surface area contributed by atoms with Crippen LogP contribution in [-0.4, -0.2) is 17.9 Å². The number of allylic oxidation sites excluding steroid dienone is 2. The second kappa shape index (κ2) is 4.65. The van der Waals surface area contributed by atoms with E-state index in [1.54, 1.807) is 0 Å². The number of carbonyl (C=O) groups excluding carboxylic acids is 1. The van der Waals surface area contributed by atoms with E-state index >= 15 is 0 Å². The molecule has 0 saturated carbocycles. The Labute approximate surface area is 81.1 Å². The van der Waals surface area contributed by atoms with Gasteiger partial charge in [0.2, 0.25) is 0 Å². The minimum absolute atomic E-state index is 0.102. The van der Waals surface area contributed by atoms with Crippen LogP contribution in [0.1, 0.15) is 19.3 Å². The van der Waals surface area contributed by atoms with Crippen molar-refractivity contribution in [2.75, 3.05) is 7.11 Å². The van der Waals surface area contributed by atoms with Crippen LogP contribution in [0, 0.1) is 5.92 Å². The summed E-state index contributed by atoms with van der Waals surface area (Å²) in [6.07, 6.45) is 6.83. The Morgan fingerprint density at radius 3 is 3.08 bits per heavy atom. The van der Waals surface area contributed by atoms with Gasteiger partial charge in [0.25, 0.3) is 0 Å². The maximum absolute atomic E-state index is 10.9. The molecule has 1 aliphatic carbocycles. The molecule has 12 heavy (non-hydrogen) atoms. The van der Waals surface area contributed by atoms with Gasteiger partial charge in [0, 0.05) is 11.2 Å². The van der Waals surface area contributed by atoms with Crippen LogP contribution >= 0.6 is 15.9 Å². The summed E-state index contributed by atoms with van der Waals surface area (Å²) in [6, 6.07) is 0. The lowest BCUT2D eigenvalue weighted by Gasteiger charge is -2.19. The molecular formula is C9H13BrO2. The number of methoxy groups -OCH3 is 1. The molecule has 68 valence electrons. The Bertz CT molecular complexity index is 189. The predicted molar refractivity (Wildman–Crippen MR) is 51.2 cm³/mol. The number of hydrogen-bond donors (Lipinski definition) is 0. The van der Waals surface area contributed by atoms with Crippen molar-refractivity contribution >= 4 is 21.9 Å². The molecule has 1 aliphatic rings. The first kappa shape index (κ1) is 9.78. The summed E-state index contributed by atoms with van der Waals surface area (Å²) in [7, 11) is 1.44. The molecule has 0 fully saturated rings. The van der Waals surface area contributed by atoms with Gasteiger partial charge in [-0.2, -0.15) is 0 Å². The van der Waals surface area contributed by atoms with Crippen LogP contribution in [0.15, 0.2) is 12.2 Å². The number of halogens is 1. The first-order chi connectivity index (χ1) is 5.72. The summed E-state index contributed by atoms with van der Waals surface area (Å²) in [5.74, 6) is 0.349. The number of carbonyl (C=O) groups is 1. The third-order valence-electron chi connectivity index (χ3n) is 2.06. The van der Waals surface area contributed by atoms with Crippen molar-refractivity contribution in [3.63, 3.8) is 0 Å². The van der Waals surface area contributed by atoms with Gasteiger partial charge in [-0.3, -0.25) is 4.79 Å². The second-order valence-electron chi connectivity index (χ2n) is 3.06. The average molecular weight is 233 g/mol. The summed E-state index contributed by atoms with van der Waals surface area (Å²) in [4.78, 5) is 11.4. The molecule has 0 saturated heterocycles. The molecule has 0 aromatic rings. The minimum atomic E-state index is -0.102. The zero-order chi connectivity index (χ0) is 8.97. The Hall–Kier alpha value is -0.310. The summed E-state index contributed by atoms with van der Waals surface area (Å²) in [5.41, 5.74) is 0. The van der Waals surface area contributed by atoms with Crippen LogP contribution in [0.4, 0.5) is 0 Å². The molecule has 0 N–H and O–H groups in total. The monoisotopic (exact) mass is 232 g/mol. The van der Waals surface area contributed by atoms with Crippen LogP contribution in [0.3, 0.4) is 0 Å². The largest absolute Gasteiger partial charge is 0.469 e. The maximum atomic E-state index is 10.9. The van der Waals surface area contributed by atoms with Gasteiger partial charge in [-0.1, -0.05) is 28.1 Å². The Kier molecular flexibility index (Phi) is 3.79. The van der Waals surface area contributed by atoms with Crippen molar-refractivity contribution in [2.45, 2.75) is 24.1 Å². The molecular weight excluding hydrogens is 220 g/mol. The third kappa shape index (κ3) is 2.97. The van der Waals surface area contributed by atoms with Crippen molar-refractivity contribution in [1.29, 1.82) is 0 Å². The molecule has 0 aromatic carbocycles. The maximum Gasteiger partial charge on any atom is 0.305 e. The van der Waals surface area contributed by atoms with Gasteiger partial charge in [-0.25, -0.2) is 0 Å². The van der Waals surface area contributed by atoms with Gasteiger partial charge < -0.3 is 4.74 Å². The molecule has 2 unspecified atom stereocenters. The number of alkyl halides is 1. The summed E-state index contributed by atoms with van der Waals surface area (Å²) < 4.78 is 4.61. The first-order valence-electron chi connectivity index (χ1n) is 4.10. The zero-order valence-corrected chi connectivity index (χ0v) is 8.71. The number of rotatable bonds is 2. The molecule has 2 nitrogen and oxygen atoms in total. The zero-order valence-electron chi connectivity index (χ0n) is 7.13. The predicted octanol–water partition coefficient (Wildman–Crippen LogP) is 2.28. The molecule has 0 spiro atoms. The van der Waals surface area contributed by atoms with E-state index in [1.165, 1.54) is 7.11 Å². The second-order valence-corrected chi connectivity index (χ2v) is 4.24. The SMILES string of the molecule is COC(=O)CC1CC=CC(Br)C1. The highest BCUT2D eigenvalue weighted by Gasteiger charge is 2.18. The van der Waals surface area contributed by atoms with Gasteiger partial charge in [-0.05, 0) is 18.8 Å². The average Bonchev–Trinajstić information content (AvgIpc) is 2.04. The molecule has 3 heteroatoms. The van der Waals surface area contributed by atoms with Crippen molar-refractivity contribution in [3.8, 4) is 0 Å². The lowest BCUT2D eigenvalue weighted by atomic mass is 9.91. The number of esters is 1. The first-order valence-corrected chi connectivity index (χ1v) is 5.01. The molecule has 0 amide bonds. The summed E-state index contributed by atoms with van der Waals surface area (Å²) >= 11 is 3.50. The standard InChI is InChI=1S/C9H13BrO2/c1-12-9(11)6-7-3-2-4-8(10)5-7/h2,4,7-8H,3,5-6H2,1H3. The molecule has 0 aliphatic heterocycles. The summed E-state index contributed by atoms with van der Waals surface area (Å²) in [6.45, 7) is 0. The lowest BCUT2D eigenvalue weighted by Crippen LogP contribution is -2.15. The molecule has 0 bridgehead atoms. The highest BCUT2D eigenvalue weighted by molar-refractivity contribution is 9.09. The van der Waals surface area contributed by atoms with Gasteiger partial charge in [-0.15, -0.1) is 0 Å². The molecule has 1 rings (SSSR count). The Morgan fingerprint density at radius 2 is 2.50 bits per heavy atom. The summed E-state index contributed by atoms with van der Waals surface area (Å²) in [5, 5.41) is 0. The highest BCUT2D eigenvalue weighted by atomic mass is 79.9.